The van der Waals surface area contributed by atoms with Gasteiger partial charge in [-0.3, -0.25) is 9.69 Å². The molecule has 7 heteroatoms. The molecule has 3 heterocycles. The van der Waals surface area contributed by atoms with E-state index in [4.69, 9.17) is 14.2 Å². The molecule has 0 saturated carbocycles. The highest BCUT2D eigenvalue weighted by molar-refractivity contribution is 6.07. The first-order valence-electron chi connectivity index (χ1n) is 7.93. The molecule has 4 atom stereocenters. The summed E-state index contributed by atoms with van der Waals surface area (Å²) in [6.45, 7) is 8.35. The number of ether oxygens (including phenoxy) is 3. The Morgan fingerprint density at radius 2 is 1.95 bits per heavy atom. The van der Waals surface area contributed by atoms with E-state index in [0.717, 1.165) is 6.61 Å². The number of carbonyl (C=O) groups is 2. The maximum atomic E-state index is 12.8. The zero-order chi connectivity index (χ0) is 15.9. The zero-order valence-electron chi connectivity index (χ0n) is 13.4. The van der Waals surface area contributed by atoms with Crippen molar-refractivity contribution in [3.05, 3.63) is 0 Å². The van der Waals surface area contributed by atoms with E-state index in [2.05, 4.69) is 0 Å². The van der Waals surface area contributed by atoms with Crippen molar-refractivity contribution in [2.45, 2.75) is 51.0 Å². The molecule has 3 saturated heterocycles. The summed E-state index contributed by atoms with van der Waals surface area (Å²) < 4.78 is 15.8. The van der Waals surface area contributed by atoms with Crippen molar-refractivity contribution < 1.29 is 23.8 Å². The Hall–Kier alpha value is -1.18. The average Bonchev–Trinajstić information content (AvgIpc) is 3.37. The van der Waals surface area contributed by atoms with E-state index in [0.29, 0.717) is 32.8 Å². The lowest BCUT2D eigenvalue weighted by Crippen LogP contribution is -2.48. The van der Waals surface area contributed by atoms with Crippen LogP contribution in [0.3, 0.4) is 0 Å². The van der Waals surface area contributed by atoms with Crippen LogP contribution in [0, 0.1) is 0 Å². The van der Waals surface area contributed by atoms with Crippen LogP contribution in [-0.4, -0.2) is 78.5 Å². The highest BCUT2D eigenvalue weighted by Crippen LogP contribution is 2.33. The molecule has 3 amide bonds. The highest BCUT2D eigenvalue weighted by atomic mass is 16.6. The van der Waals surface area contributed by atoms with Crippen LogP contribution in [0.4, 0.5) is 4.79 Å². The van der Waals surface area contributed by atoms with E-state index >= 15 is 0 Å². The van der Waals surface area contributed by atoms with Gasteiger partial charge in [0.15, 0.2) is 0 Å². The monoisotopic (exact) mass is 312 g/mol. The number of epoxide rings is 2. The second-order valence-corrected chi connectivity index (χ2v) is 6.49. The van der Waals surface area contributed by atoms with E-state index in [1.54, 1.807) is 4.90 Å². The summed E-state index contributed by atoms with van der Waals surface area (Å²) in [5.74, 6) is -0.139. The third kappa shape index (κ3) is 2.85. The molecule has 0 N–H and O–H groups in total. The fraction of sp³-hybridized carbons (Fsp3) is 0.867. The van der Waals surface area contributed by atoms with E-state index < -0.39 is 5.54 Å². The van der Waals surface area contributed by atoms with Crippen LogP contribution in [0.1, 0.15) is 27.2 Å². The molecule has 4 unspecified atom stereocenters. The van der Waals surface area contributed by atoms with Gasteiger partial charge < -0.3 is 19.1 Å². The molecule has 22 heavy (non-hydrogen) atoms. The molecule has 3 aliphatic rings. The van der Waals surface area contributed by atoms with Crippen LogP contribution in [-0.2, 0) is 19.0 Å². The lowest BCUT2D eigenvalue weighted by molar-refractivity contribution is -0.134. The maximum Gasteiger partial charge on any atom is 0.328 e. The Kier molecular flexibility index (Phi) is 4.13. The Balaban J connectivity index is 1.66. The number of hydrogen-bond donors (Lipinski definition) is 0. The topological polar surface area (TPSA) is 74.9 Å². The quantitative estimate of drug-likeness (QED) is 0.485. The SMILES string of the molecule is CCC1(C)C(=O)N(C(C)COCC2CO2)C(=O)N1CC1CO1. The Morgan fingerprint density at radius 3 is 2.50 bits per heavy atom. The lowest BCUT2D eigenvalue weighted by atomic mass is 9.96. The standard InChI is InChI=1S/C15H24N2O5/c1-4-15(3)13(18)17(10(2)6-20-7-12-9-22-12)14(19)16(15)5-11-8-21-11/h10-12H,4-9H2,1-3H3. The summed E-state index contributed by atoms with van der Waals surface area (Å²) in [5.41, 5.74) is -0.781. The van der Waals surface area contributed by atoms with Crippen LogP contribution in [0.15, 0.2) is 0 Å². The van der Waals surface area contributed by atoms with E-state index in [1.165, 1.54) is 4.90 Å². The predicted molar refractivity (Wildman–Crippen MR) is 77.4 cm³/mol. The molecule has 0 aromatic carbocycles. The largest absolute Gasteiger partial charge is 0.377 e. The Labute approximate surface area is 130 Å². The van der Waals surface area contributed by atoms with E-state index in [-0.39, 0.29) is 30.2 Å². The minimum atomic E-state index is -0.781. The average molecular weight is 312 g/mol. The van der Waals surface area contributed by atoms with Crippen LogP contribution in [0.25, 0.3) is 0 Å². The van der Waals surface area contributed by atoms with Crippen LogP contribution in [0.2, 0.25) is 0 Å². The molecule has 0 aromatic heterocycles. The first-order valence-corrected chi connectivity index (χ1v) is 7.93. The van der Waals surface area contributed by atoms with Crippen molar-refractivity contribution in [3.63, 3.8) is 0 Å². The van der Waals surface area contributed by atoms with Gasteiger partial charge in [0.1, 0.15) is 11.6 Å². The van der Waals surface area contributed by atoms with Crippen molar-refractivity contribution in [3.8, 4) is 0 Å². The summed E-state index contributed by atoms with van der Waals surface area (Å²) in [6, 6.07) is -0.515. The van der Waals surface area contributed by atoms with Crippen LogP contribution < -0.4 is 0 Å². The summed E-state index contributed by atoms with van der Waals surface area (Å²) in [5, 5.41) is 0. The third-order valence-corrected chi connectivity index (χ3v) is 4.70. The smallest absolute Gasteiger partial charge is 0.328 e. The lowest BCUT2D eigenvalue weighted by Gasteiger charge is -2.30. The molecule has 3 rings (SSSR count). The summed E-state index contributed by atoms with van der Waals surface area (Å²) in [7, 11) is 0. The molecule has 0 spiro atoms. The minimum Gasteiger partial charge on any atom is -0.377 e. The molecular formula is C15H24N2O5. The van der Waals surface area contributed by atoms with E-state index in [1.807, 2.05) is 20.8 Å². The third-order valence-electron chi connectivity index (χ3n) is 4.70. The van der Waals surface area contributed by atoms with Crippen LogP contribution in [0.5, 0.6) is 0 Å². The molecule has 0 aliphatic carbocycles. The Bertz CT molecular complexity index is 463. The van der Waals surface area contributed by atoms with Crippen molar-refractivity contribution in [2.24, 2.45) is 0 Å². The van der Waals surface area contributed by atoms with Gasteiger partial charge in [0.2, 0.25) is 0 Å². The van der Waals surface area contributed by atoms with Gasteiger partial charge in [-0.15, -0.1) is 0 Å². The summed E-state index contributed by atoms with van der Waals surface area (Å²) in [6.07, 6.45) is 0.840. The normalized spacial score (nSPS) is 35.2. The zero-order valence-corrected chi connectivity index (χ0v) is 13.4. The summed E-state index contributed by atoms with van der Waals surface area (Å²) >= 11 is 0. The van der Waals surface area contributed by atoms with Gasteiger partial charge in [-0.05, 0) is 20.3 Å². The van der Waals surface area contributed by atoms with Gasteiger partial charge in [-0.2, -0.15) is 0 Å². The first-order chi connectivity index (χ1) is 10.5. The van der Waals surface area contributed by atoms with Gasteiger partial charge in [0.25, 0.3) is 5.91 Å². The van der Waals surface area contributed by atoms with Crippen LogP contribution >= 0.6 is 0 Å². The minimum absolute atomic E-state index is 0.0705. The molecular weight excluding hydrogens is 288 g/mol. The second-order valence-electron chi connectivity index (χ2n) is 6.49. The fourth-order valence-electron chi connectivity index (χ4n) is 2.80. The molecule has 0 aromatic rings. The van der Waals surface area contributed by atoms with Crippen molar-refractivity contribution in [2.75, 3.05) is 33.0 Å². The molecule has 3 aliphatic heterocycles. The molecule has 7 nitrogen and oxygen atoms in total. The van der Waals surface area contributed by atoms with Gasteiger partial charge in [0, 0.05) is 0 Å². The Morgan fingerprint density at radius 1 is 1.32 bits per heavy atom. The van der Waals surface area contributed by atoms with Crippen molar-refractivity contribution >= 4 is 11.9 Å². The molecule has 124 valence electrons. The number of nitrogens with zero attached hydrogens (tertiary/aromatic N) is 2. The summed E-state index contributed by atoms with van der Waals surface area (Å²) in [4.78, 5) is 28.5. The molecule has 0 bridgehead atoms. The second kappa shape index (κ2) is 5.79. The van der Waals surface area contributed by atoms with Crippen molar-refractivity contribution in [1.29, 1.82) is 0 Å². The van der Waals surface area contributed by atoms with Gasteiger partial charge in [0.05, 0.1) is 45.1 Å². The first kappa shape index (κ1) is 15.7. The van der Waals surface area contributed by atoms with Gasteiger partial charge in [-0.25, -0.2) is 4.79 Å². The van der Waals surface area contributed by atoms with Gasteiger partial charge >= 0.3 is 6.03 Å². The molecule has 3 fully saturated rings. The highest BCUT2D eigenvalue weighted by Gasteiger charge is 2.55. The maximum absolute atomic E-state index is 12.8. The number of carbonyl (C=O) groups excluding carboxylic acids is 2. The van der Waals surface area contributed by atoms with Gasteiger partial charge in [-0.1, -0.05) is 6.92 Å². The molecule has 0 radical (unpaired) electrons. The number of urea groups is 1. The number of amides is 3. The van der Waals surface area contributed by atoms with Crippen molar-refractivity contribution in [1.82, 2.24) is 9.80 Å². The fourth-order valence-corrected chi connectivity index (χ4v) is 2.80. The number of hydrogen-bond acceptors (Lipinski definition) is 5. The van der Waals surface area contributed by atoms with E-state index in [9.17, 15) is 9.59 Å². The predicted octanol–water partition coefficient (Wildman–Crippen LogP) is 0.622. The number of rotatable bonds is 8. The number of imide groups is 1.